The van der Waals surface area contributed by atoms with Crippen molar-refractivity contribution in [3.63, 3.8) is 0 Å². The fraction of sp³-hybridized carbons (Fsp3) is 0.571. The number of hydrogen-bond acceptors (Lipinski definition) is 3. The zero-order valence-corrected chi connectivity index (χ0v) is 12.1. The summed E-state index contributed by atoms with van der Waals surface area (Å²) < 4.78 is 37.8. The van der Waals surface area contributed by atoms with Crippen molar-refractivity contribution < 1.29 is 13.2 Å². The zero-order chi connectivity index (χ0) is 14.4. The van der Waals surface area contributed by atoms with Crippen LogP contribution in [0.5, 0.6) is 0 Å². The van der Waals surface area contributed by atoms with Crippen LogP contribution < -0.4 is 5.32 Å². The van der Waals surface area contributed by atoms with E-state index in [1.54, 1.807) is 6.07 Å². The first-order valence-corrected chi connectivity index (χ1v) is 7.77. The first-order chi connectivity index (χ1) is 9.55. The molecule has 0 atom stereocenters. The van der Waals surface area contributed by atoms with Gasteiger partial charge in [-0.25, -0.2) is 0 Å². The van der Waals surface area contributed by atoms with Gasteiger partial charge in [0.2, 0.25) is 0 Å². The molecule has 20 heavy (non-hydrogen) atoms. The topological polar surface area (TPSA) is 15.3 Å². The Bertz CT molecular complexity index is 415. The van der Waals surface area contributed by atoms with Crippen LogP contribution in [0.4, 0.5) is 13.2 Å². The van der Waals surface area contributed by atoms with Crippen LogP contribution >= 0.6 is 11.8 Å². The first-order valence-electron chi connectivity index (χ1n) is 6.79. The number of nitrogens with zero attached hydrogens (tertiary/aromatic N) is 1. The van der Waals surface area contributed by atoms with Crippen molar-refractivity contribution in [3.8, 4) is 0 Å². The minimum Gasteiger partial charge on any atom is -0.315 e. The fourth-order valence-electron chi connectivity index (χ4n) is 2.18. The highest BCUT2D eigenvalue weighted by Crippen LogP contribution is 2.31. The van der Waals surface area contributed by atoms with E-state index >= 15 is 0 Å². The molecule has 6 heteroatoms. The molecular weight excluding hydrogens is 285 g/mol. The SMILES string of the molecule is FC(F)(F)c1cccc(SCCN2CCCNCC2)c1. The second-order valence-corrected chi connectivity index (χ2v) is 5.99. The molecule has 0 amide bonds. The summed E-state index contributed by atoms with van der Waals surface area (Å²) in [6.45, 7) is 5.05. The van der Waals surface area contributed by atoms with Gasteiger partial charge in [0.05, 0.1) is 5.56 Å². The largest absolute Gasteiger partial charge is 0.416 e. The van der Waals surface area contributed by atoms with E-state index in [0.717, 1.165) is 51.0 Å². The van der Waals surface area contributed by atoms with Crippen molar-refractivity contribution in [1.29, 1.82) is 0 Å². The monoisotopic (exact) mass is 304 g/mol. The van der Waals surface area contributed by atoms with Gasteiger partial charge < -0.3 is 10.2 Å². The Kier molecular flexibility index (Phi) is 5.74. The molecule has 0 aliphatic carbocycles. The number of benzene rings is 1. The van der Waals surface area contributed by atoms with Gasteiger partial charge in [-0.1, -0.05) is 6.07 Å². The van der Waals surface area contributed by atoms with Gasteiger partial charge in [-0.15, -0.1) is 11.8 Å². The summed E-state index contributed by atoms with van der Waals surface area (Å²) in [6, 6.07) is 5.56. The highest BCUT2D eigenvalue weighted by molar-refractivity contribution is 7.99. The van der Waals surface area contributed by atoms with Crippen LogP contribution in [0, 0.1) is 0 Å². The second kappa shape index (κ2) is 7.33. The molecule has 1 aromatic carbocycles. The minimum absolute atomic E-state index is 0.568. The average Bonchev–Trinajstić information content (AvgIpc) is 2.67. The maximum Gasteiger partial charge on any atom is 0.416 e. The maximum absolute atomic E-state index is 12.6. The molecule has 0 unspecified atom stereocenters. The van der Waals surface area contributed by atoms with Gasteiger partial charge >= 0.3 is 6.18 Å². The third-order valence-electron chi connectivity index (χ3n) is 3.27. The third kappa shape index (κ3) is 5.00. The minimum atomic E-state index is -4.26. The van der Waals surface area contributed by atoms with Gasteiger partial charge in [-0.2, -0.15) is 13.2 Å². The summed E-state index contributed by atoms with van der Waals surface area (Å²) in [7, 11) is 0. The van der Waals surface area contributed by atoms with E-state index in [2.05, 4.69) is 10.2 Å². The molecule has 0 radical (unpaired) electrons. The van der Waals surface area contributed by atoms with E-state index in [-0.39, 0.29) is 0 Å². The summed E-state index contributed by atoms with van der Waals surface area (Å²) in [5.74, 6) is 0.821. The van der Waals surface area contributed by atoms with E-state index in [1.807, 2.05) is 0 Å². The van der Waals surface area contributed by atoms with Crippen LogP contribution in [0.25, 0.3) is 0 Å². The lowest BCUT2D eigenvalue weighted by Crippen LogP contribution is -2.30. The lowest BCUT2D eigenvalue weighted by atomic mass is 10.2. The average molecular weight is 304 g/mol. The van der Waals surface area contributed by atoms with Gasteiger partial charge in [-0.3, -0.25) is 0 Å². The summed E-state index contributed by atoms with van der Waals surface area (Å²) in [5.41, 5.74) is -0.568. The molecule has 1 fully saturated rings. The lowest BCUT2D eigenvalue weighted by Gasteiger charge is -2.18. The van der Waals surface area contributed by atoms with Crippen LogP contribution in [-0.4, -0.2) is 43.4 Å². The maximum atomic E-state index is 12.6. The molecule has 1 N–H and O–H groups in total. The van der Waals surface area contributed by atoms with Crippen LogP contribution in [0.1, 0.15) is 12.0 Å². The third-order valence-corrected chi connectivity index (χ3v) is 4.24. The Labute approximate surface area is 121 Å². The predicted molar refractivity (Wildman–Crippen MR) is 76.1 cm³/mol. The van der Waals surface area contributed by atoms with E-state index in [1.165, 1.54) is 23.9 Å². The van der Waals surface area contributed by atoms with Crippen molar-refractivity contribution in [2.75, 3.05) is 38.5 Å². The molecule has 1 aromatic rings. The van der Waals surface area contributed by atoms with Gasteiger partial charge in [0.15, 0.2) is 0 Å². The molecule has 0 saturated carbocycles. The zero-order valence-electron chi connectivity index (χ0n) is 11.2. The number of halogens is 3. The molecule has 1 heterocycles. The van der Waals surface area contributed by atoms with Crippen molar-refractivity contribution in [1.82, 2.24) is 10.2 Å². The summed E-state index contributed by atoms with van der Waals surface area (Å²) in [5, 5.41) is 3.34. The highest BCUT2D eigenvalue weighted by Gasteiger charge is 2.30. The van der Waals surface area contributed by atoms with E-state index in [4.69, 9.17) is 0 Å². The quantitative estimate of drug-likeness (QED) is 0.861. The molecule has 0 spiro atoms. The smallest absolute Gasteiger partial charge is 0.315 e. The Morgan fingerprint density at radius 1 is 1.20 bits per heavy atom. The molecule has 1 saturated heterocycles. The summed E-state index contributed by atoms with van der Waals surface area (Å²) in [6.07, 6.45) is -3.12. The molecule has 1 aliphatic rings. The van der Waals surface area contributed by atoms with Gasteiger partial charge in [-0.05, 0) is 37.7 Å². The van der Waals surface area contributed by atoms with Crippen LogP contribution in [-0.2, 0) is 6.18 Å². The van der Waals surface area contributed by atoms with Crippen LogP contribution in [0.2, 0.25) is 0 Å². The standard InChI is InChI=1S/C14H19F3N2S/c15-14(16,17)12-3-1-4-13(11-12)20-10-9-19-7-2-5-18-6-8-19/h1,3-4,11,18H,2,5-10H2. The molecule has 112 valence electrons. The summed E-state index contributed by atoms with van der Waals surface area (Å²) in [4.78, 5) is 3.05. The number of rotatable bonds is 4. The Balaban J connectivity index is 1.81. The molecule has 0 aromatic heterocycles. The Morgan fingerprint density at radius 2 is 2.05 bits per heavy atom. The summed E-state index contributed by atoms with van der Waals surface area (Å²) >= 11 is 1.49. The Hall–Kier alpha value is -0.720. The van der Waals surface area contributed by atoms with Crippen molar-refractivity contribution >= 4 is 11.8 Å². The number of nitrogens with one attached hydrogen (secondary N) is 1. The van der Waals surface area contributed by atoms with Crippen LogP contribution in [0.3, 0.4) is 0 Å². The molecular formula is C14H19F3N2S. The van der Waals surface area contributed by atoms with E-state index in [0.29, 0.717) is 4.90 Å². The Morgan fingerprint density at radius 3 is 2.85 bits per heavy atom. The highest BCUT2D eigenvalue weighted by atomic mass is 32.2. The van der Waals surface area contributed by atoms with Crippen LogP contribution in [0.15, 0.2) is 29.2 Å². The lowest BCUT2D eigenvalue weighted by molar-refractivity contribution is -0.137. The number of thioether (sulfide) groups is 1. The normalized spacial score (nSPS) is 17.9. The van der Waals surface area contributed by atoms with E-state index in [9.17, 15) is 13.2 Å². The fourth-order valence-corrected chi connectivity index (χ4v) is 3.15. The molecule has 0 bridgehead atoms. The van der Waals surface area contributed by atoms with Crippen molar-refractivity contribution in [3.05, 3.63) is 29.8 Å². The molecule has 2 nitrogen and oxygen atoms in total. The molecule has 2 rings (SSSR count). The van der Waals surface area contributed by atoms with Gasteiger partial charge in [0.25, 0.3) is 0 Å². The predicted octanol–water partition coefficient (Wildman–Crippen LogP) is 3.09. The van der Waals surface area contributed by atoms with Crippen molar-refractivity contribution in [2.45, 2.75) is 17.5 Å². The first kappa shape index (κ1) is 15.7. The number of alkyl halides is 3. The van der Waals surface area contributed by atoms with Gasteiger partial charge in [0, 0.05) is 30.3 Å². The van der Waals surface area contributed by atoms with Gasteiger partial charge in [0.1, 0.15) is 0 Å². The second-order valence-electron chi connectivity index (χ2n) is 4.82. The molecule has 1 aliphatic heterocycles. The number of hydrogen-bond donors (Lipinski definition) is 1. The van der Waals surface area contributed by atoms with E-state index < -0.39 is 11.7 Å². The van der Waals surface area contributed by atoms with Crippen molar-refractivity contribution in [2.24, 2.45) is 0 Å².